The van der Waals surface area contributed by atoms with Crippen molar-refractivity contribution in [2.75, 3.05) is 0 Å². The van der Waals surface area contributed by atoms with E-state index in [0.29, 0.717) is 5.25 Å². The van der Waals surface area contributed by atoms with Crippen molar-refractivity contribution in [3.63, 3.8) is 0 Å². The summed E-state index contributed by atoms with van der Waals surface area (Å²) in [5.41, 5.74) is 4.86. The second-order valence-corrected chi connectivity index (χ2v) is 5.18. The highest BCUT2D eigenvalue weighted by Gasteiger charge is 2.22. The van der Waals surface area contributed by atoms with Gasteiger partial charge in [0.25, 0.3) is 0 Å². The van der Waals surface area contributed by atoms with Crippen LogP contribution in [0.15, 0.2) is 0 Å². The molecule has 0 radical (unpaired) electrons. The molecule has 1 aliphatic rings. The molecule has 0 aliphatic heterocycles. The van der Waals surface area contributed by atoms with Gasteiger partial charge in [0.2, 0.25) is 5.91 Å². The van der Waals surface area contributed by atoms with Gasteiger partial charge in [0.15, 0.2) is 0 Å². The fourth-order valence-electron chi connectivity index (χ4n) is 1.60. The lowest BCUT2D eigenvalue weighted by atomic mass is 10.4. The van der Waals surface area contributed by atoms with Gasteiger partial charge >= 0.3 is 6.03 Å². The number of carbonyl (C=O) groups is 2. The third-order valence-corrected chi connectivity index (χ3v) is 3.79. The monoisotopic (exact) mass is 216 g/mol. The maximum absolute atomic E-state index is 11.3. The Morgan fingerprint density at radius 2 is 2.00 bits per heavy atom. The van der Waals surface area contributed by atoms with Crippen molar-refractivity contribution in [1.82, 2.24) is 5.32 Å². The molecule has 1 rings (SSSR count). The van der Waals surface area contributed by atoms with E-state index in [1.54, 1.807) is 18.7 Å². The molecular weight excluding hydrogens is 200 g/mol. The fraction of sp³-hybridized carbons (Fsp3) is 0.778. The van der Waals surface area contributed by atoms with Gasteiger partial charge in [-0.2, -0.15) is 0 Å². The van der Waals surface area contributed by atoms with Crippen LogP contribution in [0.4, 0.5) is 4.79 Å². The van der Waals surface area contributed by atoms with E-state index in [1.807, 2.05) is 0 Å². The largest absolute Gasteiger partial charge is 0.351 e. The van der Waals surface area contributed by atoms with E-state index in [2.05, 4.69) is 5.32 Å². The van der Waals surface area contributed by atoms with Gasteiger partial charge in [0, 0.05) is 5.25 Å². The SMILES string of the molecule is CC(SC1CCCC1)C(=O)NC(N)=O. The summed E-state index contributed by atoms with van der Waals surface area (Å²) in [6, 6.07) is -0.770. The summed E-state index contributed by atoms with van der Waals surface area (Å²) in [5.74, 6) is -0.283. The van der Waals surface area contributed by atoms with Gasteiger partial charge in [-0.15, -0.1) is 11.8 Å². The van der Waals surface area contributed by atoms with Crippen molar-refractivity contribution in [2.24, 2.45) is 5.73 Å². The normalized spacial score (nSPS) is 19.2. The van der Waals surface area contributed by atoms with Crippen LogP contribution in [0.2, 0.25) is 0 Å². The maximum Gasteiger partial charge on any atom is 0.318 e. The summed E-state index contributed by atoms with van der Waals surface area (Å²) in [4.78, 5) is 21.7. The number of urea groups is 1. The molecule has 0 aromatic carbocycles. The Morgan fingerprint density at radius 1 is 1.43 bits per heavy atom. The molecule has 0 aromatic rings. The van der Waals surface area contributed by atoms with Crippen molar-refractivity contribution in [3.8, 4) is 0 Å². The zero-order valence-electron chi connectivity index (χ0n) is 8.29. The molecule has 0 bridgehead atoms. The Bertz CT molecular complexity index is 227. The first-order valence-electron chi connectivity index (χ1n) is 4.85. The summed E-state index contributed by atoms with van der Waals surface area (Å²) in [6.45, 7) is 1.81. The number of hydrogen-bond acceptors (Lipinski definition) is 3. The summed E-state index contributed by atoms with van der Waals surface area (Å²) in [7, 11) is 0. The second kappa shape index (κ2) is 5.24. The van der Waals surface area contributed by atoms with Gasteiger partial charge in [-0.25, -0.2) is 4.79 Å². The third-order valence-electron chi connectivity index (χ3n) is 2.31. The van der Waals surface area contributed by atoms with Gasteiger partial charge in [-0.3, -0.25) is 10.1 Å². The Kier molecular flexibility index (Phi) is 4.25. The first-order valence-corrected chi connectivity index (χ1v) is 5.79. The number of thioether (sulfide) groups is 1. The molecular formula is C9H16N2O2S. The van der Waals surface area contributed by atoms with E-state index in [0.717, 1.165) is 0 Å². The highest BCUT2D eigenvalue weighted by atomic mass is 32.2. The van der Waals surface area contributed by atoms with E-state index < -0.39 is 6.03 Å². The molecule has 14 heavy (non-hydrogen) atoms. The lowest BCUT2D eigenvalue weighted by molar-refractivity contribution is -0.119. The molecule has 3 N–H and O–H groups in total. The third kappa shape index (κ3) is 3.57. The molecule has 5 heteroatoms. The number of amides is 3. The molecule has 0 saturated heterocycles. The van der Waals surface area contributed by atoms with Gasteiger partial charge < -0.3 is 5.73 Å². The van der Waals surface area contributed by atoms with E-state index in [1.165, 1.54) is 25.7 Å². The number of rotatable bonds is 3. The molecule has 3 amide bonds. The van der Waals surface area contributed by atoms with Crippen LogP contribution in [0.1, 0.15) is 32.6 Å². The average Bonchev–Trinajstić information content (AvgIpc) is 2.55. The topological polar surface area (TPSA) is 72.2 Å². The summed E-state index contributed by atoms with van der Waals surface area (Å²) < 4.78 is 0. The predicted molar refractivity (Wildman–Crippen MR) is 57.0 cm³/mol. The van der Waals surface area contributed by atoms with Crippen molar-refractivity contribution < 1.29 is 9.59 Å². The predicted octanol–water partition coefficient (Wildman–Crippen LogP) is 1.25. The smallest absolute Gasteiger partial charge is 0.318 e. The molecule has 80 valence electrons. The van der Waals surface area contributed by atoms with Crippen LogP contribution < -0.4 is 11.1 Å². The van der Waals surface area contributed by atoms with Crippen LogP contribution in [-0.2, 0) is 4.79 Å². The minimum atomic E-state index is -0.770. The molecule has 4 nitrogen and oxygen atoms in total. The van der Waals surface area contributed by atoms with E-state index >= 15 is 0 Å². The molecule has 0 aromatic heterocycles. The molecule has 0 spiro atoms. The van der Waals surface area contributed by atoms with E-state index in [-0.39, 0.29) is 11.2 Å². The van der Waals surface area contributed by atoms with Gasteiger partial charge in [-0.1, -0.05) is 12.8 Å². The van der Waals surface area contributed by atoms with E-state index in [9.17, 15) is 9.59 Å². The van der Waals surface area contributed by atoms with Crippen LogP contribution >= 0.6 is 11.8 Å². The number of primary amides is 1. The quantitative estimate of drug-likeness (QED) is 0.745. The van der Waals surface area contributed by atoms with Crippen LogP contribution in [0.3, 0.4) is 0 Å². The minimum Gasteiger partial charge on any atom is -0.351 e. The standard InChI is InChI=1S/C9H16N2O2S/c1-6(8(12)11-9(10)13)14-7-4-2-3-5-7/h6-7H,2-5H2,1H3,(H3,10,11,12,13). The first-order chi connectivity index (χ1) is 6.59. The maximum atomic E-state index is 11.3. The Balaban J connectivity index is 2.29. The van der Waals surface area contributed by atoms with Crippen LogP contribution in [0, 0.1) is 0 Å². The number of hydrogen-bond donors (Lipinski definition) is 2. The number of carbonyl (C=O) groups excluding carboxylic acids is 2. The molecule has 0 heterocycles. The molecule has 1 saturated carbocycles. The highest BCUT2D eigenvalue weighted by molar-refractivity contribution is 8.01. The highest BCUT2D eigenvalue weighted by Crippen LogP contribution is 2.32. The van der Waals surface area contributed by atoms with Gasteiger partial charge in [0.1, 0.15) is 0 Å². The van der Waals surface area contributed by atoms with Crippen molar-refractivity contribution in [3.05, 3.63) is 0 Å². The molecule has 1 atom stereocenters. The minimum absolute atomic E-state index is 0.189. The summed E-state index contributed by atoms with van der Waals surface area (Å²) >= 11 is 1.64. The first kappa shape index (κ1) is 11.4. The average molecular weight is 216 g/mol. The van der Waals surface area contributed by atoms with E-state index in [4.69, 9.17) is 5.73 Å². The van der Waals surface area contributed by atoms with Crippen molar-refractivity contribution >= 4 is 23.7 Å². The van der Waals surface area contributed by atoms with Crippen LogP contribution in [0.5, 0.6) is 0 Å². The lowest BCUT2D eigenvalue weighted by Gasteiger charge is -2.14. The summed E-state index contributed by atoms with van der Waals surface area (Å²) in [6.07, 6.45) is 4.86. The fourth-order valence-corrected chi connectivity index (χ4v) is 2.96. The van der Waals surface area contributed by atoms with Crippen LogP contribution in [-0.4, -0.2) is 22.4 Å². The number of nitrogens with two attached hydrogens (primary N) is 1. The molecule has 1 unspecified atom stereocenters. The Morgan fingerprint density at radius 3 is 2.50 bits per heavy atom. The van der Waals surface area contributed by atoms with Crippen LogP contribution in [0.25, 0.3) is 0 Å². The van der Waals surface area contributed by atoms with Crippen molar-refractivity contribution in [2.45, 2.75) is 43.1 Å². The lowest BCUT2D eigenvalue weighted by Crippen LogP contribution is -2.39. The summed E-state index contributed by atoms with van der Waals surface area (Å²) in [5, 5.41) is 2.48. The zero-order valence-corrected chi connectivity index (χ0v) is 9.10. The second-order valence-electron chi connectivity index (χ2n) is 3.54. The zero-order chi connectivity index (χ0) is 10.6. The number of imide groups is 1. The Hall–Kier alpha value is -0.710. The molecule has 1 aliphatic carbocycles. The Labute approximate surface area is 88.0 Å². The van der Waals surface area contributed by atoms with Gasteiger partial charge in [-0.05, 0) is 19.8 Å². The van der Waals surface area contributed by atoms with Gasteiger partial charge in [0.05, 0.1) is 5.25 Å². The molecule has 1 fully saturated rings. The van der Waals surface area contributed by atoms with Crippen molar-refractivity contribution in [1.29, 1.82) is 0 Å². The number of nitrogens with one attached hydrogen (secondary N) is 1.